The molecule has 0 saturated carbocycles. The number of hydrogen-bond acceptors (Lipinski definition) is 3. The normalized spacial score (nSPS) is 25.7. The van der Waals surface area contributed by atoms with Crippen LogP contribution in [0.2, 0.25) is 0 Å². The van der Waals surface area contributed by atoms with E-state index < -0.39 is 0 Å². The van der Waals surface area contributed by atoms with Crippen LogP contribution in [0.3, 0.4) is 0 Å². The van der Waals surface area contributed by atoms with Crippen LogP contribution in [-0.2, 0) is 11.3 Å². The summed E-state index contributed by atoms with van der Waals surface area (Å²) in [5, 5.41) is 2.09. The molecular weight excluding hydrogens is 355 g/mol. The summed E-state index contributed by atoms with van der Waals surface area (Å²) in [5.41, 5.74) is 2.18. The molecule has 3 rings (SSSR count). The van der Waals surface area contributed by atoms with E-state index in [1.165, 1.54) is 12.1 Å². The molecule has 21 heavy (non-hydrogen) atoms. The number of likely N-dealkylation sites (tertiary alicyclic amines) is 1. The molecule has 0 spiro atoms. The summed E-state index contributed by atoms with van der Waals surface area (Å²) in [6.07, 6.45) is 0.847. The maximum atomic E-state index is 13.0. The Kier molecular flexibility index (Phi) is 4.26. The van der Waals surface area contributed by atoms with Crippen LogP contribution in [0.5, 0.6) is 0 Å². The number of halogens is 2. The number of alkyl halides is 1. The molecule has 2 unspecified atom stereocenters. The van der Waals surface area contributed by atoms with E-state index in [-0.39, 0.29) is 22.0 Å². The maximum absolute atomic E-state index is 13.0. The molecule has 0 radical (unpaired) electrons. The predicted molar refractivity (Wildman–Crippen MR) is 86.1 cm³/mol. The molecule has 0 N–H and O–H groups in total. The highest BCUT2D eigenvalue weighted by Gasteiger charge is 2.39. The molecule has 3 nitrogen and oxygen atoms in total. The van der Waals surface area contributed by atoms with E-state index in [2.05, 4.69) is 26.2 Å². The van der Waals surface area contributed by atoms with Crippen LogP contribution < -0.4 is 0 Å². The van der Waals surface area contributed by atoms with E-state index in [9.17, 15) is 9.18 Å². The lowest BCUT2D eigenvalue weighted by molar-refractivity contribution is -0.129. The number of rotatable bonds is 3. The van der Waals surface area contributed by atoms with E-state index in [0.29, 0.717) is 6.54 Å². The number of amides is 1. The smallest absolute Gasteiger partial charge is 0.238 e. The topological polar surface area (TPSA) is 23.6 Å². The van der Waals surface area contributed by atoms with Gasteiger partial charge in [0.2, 0.25) is 5.91 Å². The summed E-state index contributed by atoms with van der Waals surface area (Å²) in [5.74, 6) is -0.0741. The minimum Gasteiger partial charge on any atom is -0.341 e. The highest BCUT2D eigenvalue weighted by atomic mass is 79.9. The molecule has 112 valence electrons. The fourth-order valence-corrected chi connectivity index (χ4v) is 4.26. The highest BCUT2D eigenvalue weighted by Crippen LogP contribution is 2.37. The minimum atomic E-state index is -0.227. The van der Waals surface area contributed by atoms with Gasteiger partial charge in [0.05, 0.1) is 4.83 Å². The standard InChI is InChI=1S/C15H16BrFN2OS/c1-10-9-21-15(18-7-6-13(16)14(18)20)19(10)8-11-2-4-12(17)5-3-11/h2-5,9,13,15H,6-8H2,1H3. The molecule has 1 saturated heterocycles. The summed E-state index contributed by atoms with van der Waals surface area (Å²) < 4.78 is 13.0. The first kappa shape index (κ1) is 14.9. The Labute approximate surface area is 136 Å². The fourth-order valence-electron chi connectivity index (χ4n) is 2.59. The minimum absolute atomic E-state index is 0.00473. The van der Waals surface area contributed by atoms with Crippen molar-refractivity contribution in [3.63, 3.8) is 0 Å². The van der Waals surface area contributed by atoms with Gasteiger partial charge in [0, 0.05) is 18.8 Å². The van der Waals surface area contributed by atoms with Gasteiger partial charge in [-0.25, -0.2) is 4.39 Å². The van der Waals surface area contributed by atoms with Crippen molar-refractivity contribution in [2.45, 2.75) is 30.2 Å². The van der Waals surface area contributed by atoms with Crippen molar-refractivity contribution in [1.82, 2.24) is 9.80 Å². The molecule has 1 fully saturated rings. The first-order chi connectivity index (χ1) is 10.1. The third-order valence-electron chi connectivity index (χ3n) is 3.79. The van der Waals surface area contributed by atoms with Crippen LogP contribution in [0.1, 0.15) is 18.9 Å². The summed E-state index contributed by atoms with van der Waals surface area (Å²) in [7, 11) is 0. The van der Waals surface area contributed by atoms with Crippen molar-refractivity contribution >= 4 is 33.6 Å². The number of nitrogens with zero attached hydrogens (tertiary/aromatic N) is 2. The molecule has 0 aromatic heterocycles. The van der Waals surface area contributed by atoms with E-state index >= 15 is 0 Å². The summed E-state index contributed by atoms with van der Waals surface area (Å²) in [6.45, 7) is 3.49. The van der Waals surface area contributed by atoms with E-state index in [1.807, 2.05) is 11.8 Å². The molecule has 6 heteroatoms. The molecule has 2 atom stereocenters. The fraction of sp³-hybridized carbons (Fsp3) is 0.400. The van der Waals surface area contributed by atoms with Gasteiger partial charge in [-0.15, -0.1) is 0 Å². The van der Waals surface area contributed by atoms with E-state index in [0.717, 1.165) is 24.2 Å². The van der Waals surface area contributed by atoms with Gasteiger partial charge >= 0.3 is 0 Å². The van der Waals surface area contributed by atoms with Crippen LogP contribution in [0.4, 0.5) is 4.39 Å². The quantitative estimate of drug-likeness (QED) is 0.760. The van der Waals surface area contributed by atoms with Crippen LogP contribution in [-0.4, -0.2) is 32.6 Å². The molecular formula is C15H16BrFN2OS. The van der Waals surface area contributed by atoms with Gasteiger partial charge in [-0.05, 0) is 36.4 Å². The third-order valence-corrected chi connectivity index (χ3v) is 5.87. The molecule has 2 aliphatic rings. The Balaban J connectivity index is 1.76. The van der Waals surface area contributed by atoms with Crippen LogP contribution >= 0.6 is 27.7 Å². The van der Waals surface area contributed by atoms with Gasteiger partial charge in [0.1, 0.15) is 5.82 Å². The molecule has 0 bridgehead atoms. The van der Waals surface area contributed by atoms with Gasteiger partial charge in [-0.3, -0.25) is 4.79 Å². The predicted octanol–water partition coefficient (Wildman–Crippen LogP) is 3.52. The Morgan fingerprint density at radius 3 is 2.71 bits per heavy atom. The first-order valence-electron chi connectivity index (χ1n) is 6.84. The molecule has 2 aliphatic heterocycles. The average molecular weight is 371 g/mol. The average Bonchev–Trinajstić information content (AvgIpc) is 2.98. The largest absolute Gasteiger partial charge is 0.341 e. The number of carbonyl (C=O) groups is 1. The Hall–Kier alpha value is -1.01. The van der Waals surface area contributed by atoms with E-state index in [1.54, 1.807) is 23.9 Å². The zero-order valence-corrected chi connectivity index (χ0v) is 14.0. The molecule has 0 aliphatic carbocycles. The third kappa shape index (κ3) is 2.97. The van der Waals surface area contributed by atoms with Crippen molar-refractivity contribution in [3.8, 4) is 0 Å². The Bertz CT molecular complexity index is 578. The maximum Gasteiger partial charge on any atom is 0.238 e. The monoisotopic (exact) mass is 370 g/mol. The second-order valence-electron chi connectivity index (χ2n) is 5.26. The number of thioether (sulfide) groups is 1. The van der Waals surface area contributed by atoms with Gasteiger partial charge in [0.25, 0.3) is 0 Å². The Morgan fingerprint density at radius 2 is 2.10 bits per heavy atom. The molecule has 1 amide bonds. The zero-order chi connectivity index (χ0) is 15.0. The lowest BCUT2D eigenvalue weighted by atomic mass is 10.2. The van der Waals surface area contributed by atoms with Crippen molar-refractivity contribution in [2.24, 2.45) is 0 Å². The number of allylic oxidation sites excluding steroid dienone is 1. The van der Waals surface area contributed by atoms with Crippen molar-refractivity contribution in [3.05, 3.63) is 46.8 Å². The van der Waals surface area contributed by atoms with Crippen molar-refractivity contribution in [1.29, 1.82) is 0 Å². The van der Waals surface area contributed by atoms with Crippen molar-refractivity contribution < 1.29 is 9.18 Å². The molecule has 2 heterocycles. The molecule has 1 aromatic carbocycles. The van der Waals surface area contributed by atoms with Crippen LogP contribution in [0, 0.1) is 5.82 Å². The first-order valence-corrected chi connectivity index (χ1v) is 8.70. The highest BCUT2D eigenvalue weighted by molar-refractivity contribution is 9.10. The number of hydrogen-bond donors (Lipinski definition) is 0. The number of benzene rings is 1. The zero-order valence-electron chi connectivity index (χ0n) is 11.6. The number of carbonyl (C=O) groups excluding carboxylic acids is 1. The van der Waals surface area contributed by atoms with Gasteiger partial charge in [-0.2, -0.15) is 0 Å². The lowest BCUT2D eigenvalue weighted by Gasteiger charge is -2.34. The summed E-state index contributed by atoms with van der Waals surface area (Å²) in [6, 6.07) is 6.54. The molecule has 1 aromatic rings. The van der Waals surface area contributed by atoms with Gasteiger partial charge < -0.3 is 9.80 Å². The van der Waals surface area contributed by atoms with Crippen molar-refractivity contribution in [2.75, 3.05) is 6.54 Å². The second-order valence-corrected chi connectivity index (χ2v) is 7.30. The lowest BCUT2D eigenvalue weighted by Crippen LogP contribution is -2.44. The van der Waals surface area contributed by atoms with E-state index in [4.69, 9.17) is 0 Å². The van der Waals surface area contributed by atoms with Crippen LogP contribution in [0.25, 0.3) is 0 Å². The Morgan fingerprint density at radius 1 is 1.38 bits per heavy atom. The summed E-state index contributed by atoms with van der Waals surface area (Å²) in [4.78, 5) is 16.3. The van der Waals surface area contributed by atoms with Gasteiger partial charge in [-0.1, -0.05) is 39.8 Å². The van der Waals surface area contributed by atoms with Gasteiger partial charge in [0.15, 0.2) is 5.50 Å². The van der Waals surface area contributed by atoms with Crippen LogP contribution in [0.15, 0.2) is 35.4 Å². The second kappa shape index (κ2) is 6.01. The summed E-state index contributed by atoms with van der Waals surface area (Å²) >= 11 is 5.08. The SMILES string of the molecule is CC1=CSC(N2CCC(Br)C2=O)N1Cc1ccc(F)cc1.